The summed E-state index contributed by atoms with van der Waals surface area (Å²) in [4.78, 5) is 81.4. The lowest BCUT2D eigenvalue weighted by atomic mass is 10.0. The van der Waals surface area contributed by atoms with Crippen LogP contribution in [-0.2, 0) is 0 Å². The number of anilines is 1. The molecule has 0 aliphatic carbocycles. The molecule has 0 aromatic heterocycles. The fraction of sp³-hybridized carbons (Fsp3) is 0. The van der Waals surface area contributed by atoms with Gasteiger partial charge in [-0.3, -0.25) is 4.79 Å². The second-order valence-corrected chi connectivity index (χ2v) is 12.8. The van der Waals surface area contributed by atoms with Gasteiger partial charge in [0.1, 0.15) is 0 Å². The Morgan fingerprint density at radius 1 is 0.400 bits per heavy atom. The molecule has 294 valence electrons. The summed E-state index contributed by atoms with van der Waals surface area (Å²) in [6, 6.07) is 44.6. The van der Waals surface area contributed by atoms with Crippen molar-refractivity contribution in [1.29, 1.82) is 0 Å². The van der Waals surface area contributed by atoms with Gasteiger partial charge in [-0.1, -0.05) is 103 Å². The maximum absolute atomic E-state index is 14.7. The van der Waals surface area contributed by atoms with Crippen LogP contribution in [0, 0.1) is 0 Å². The second kappa shape index (κ2) is 18.1. The highest BCUT2D eigenvalue weighted by Gasteiger charge is 2.33. The van der Waals surface area contributed by atoms with Crippen molar-refractivity contribution < 1.29 is 52.8 Å². The first kappa shape index (κ1) is 39.6. The monoisotopic (exact) mass is 797 g/mol. The van der Waals surface area contributed by atoms with Crippen molar-refractivity contribution in [3.8, 4) is 34.1 Å². The number of rotatable bonds is 12. The van der Waals surface area contributed by atoms with Crippen LogP contribution in [0.5, 0.6) is 23.0 Å². The van der Waals surface area contributed by atoms with Gasteiger partial charge in [0.15, 0.2) is 11.5 Å². The third kappa shape index (κ3) is 9.14. The summed E-state index contributed by atoms with van der Waals surface area (Å²) in [6.45, 7) is 0. The fourth-order valence-corrected chi connectivity index (χ4v) is 5.87. The van der Waals surface area contributed by atoms with Gasteiger partial charge in [-0.15, -0.1) is 0 Å². The molecule has 12 nitrogen and oxygen atoms in total. The molecule has 0 saturated carbocycles. The molecular weight excluding hydrogens is 767 g/mol. The Labute approximate surface area is 342 Å². The number of carboxylic acids is 1. The second-order valence-electron chi connectivity index (χ2n) is 12.8. The van der Waals surface area contributed by atoms with Gasteiger partial charge in [-0.25, -0.2) is 24.0 Å². The first-order valence-electron chi connectivity index (χ1n) is 18.2. The van der Waals surface area contributed by atoms with E-state index in [4.69, 9.17) is 18.9 Å². The Bertz CT molecular complexity index is 2720. The number of hydrogen-bond acceptors (Lipinski definition) is 10. The molecule has 0 spiro atoms. The summed E-state index contributed by atoms with van der Waals surface area (Å²) >= 11 is 0. The van der Waals surface area contributed by atoms with Crippen LogP contribution < -0.4 is 24.3 Å². The molecule has 0 aliphatic heterocycles. The minimum atomic E-state index is -1.12. The van der Waals surface area contributed by atoms with Crippen molar-refractivity contribution in [2.75, 3.05) is 5.32 Å². The van der Waals surface area contributed by atoms with Gasteiger partial charge >= 0.3 is 29.8 Å². The van der Waals surface area contributed by atoms with E-state index in [2.05, 4.69) is 5.32 Å². The summed E-state index contributed by atoms with van der Waals surface area (Å²) in [6.07, 6.45) is 0. The van der Waals surface area contributed by atoms with Gasteiger partial charge in [0.25, 0.3) is 5.91 Å². The zero-order valence-corrected chi connectivity index (χ0v) is 31.3. The van der Waals surface area contributed by atoms with E-state index in [0.717, 1.165) is 6.07 Å². The maximum atomic E-state index is 14.7. The number of nitrogens with one attached hydrogen (secondary N) is 1. The zero-order valence-electron chi connectivity index (χ0n) is 31.3. The lowest BCUT2D eigenvalue weighted by Gasteiger charge is -2.21. The predicted octanol–water partition coefficient (Wildman–Crippen LogP) is 9.18. The van der Waals surface area contributed by atoms with Crippen LogP contribution in [0.1, 0.15) is 62.1 Å². The van der Waals surface area contributed by atoms with Gasteiger partial charge in [0.05, 0.1) is 33.4 Å². The minimum absolute atomic E-state index is 0.0266. The van der Waals surface area contributed by atoms with E-state index in [1.165, 1.54) is 60.7 Å². The molecule has 0 unspecified atom stereocenters. The van der Waals surface area contributed by atoms with Gasteiger partial charge in [-0.2, -0.15) is 0 Å². The Morgan fingerprint density at radius 3 is 1.27 bits per heavy atom. The maximum Gasteiger partial charge on any atom is 0.343 e. The fourth-order valence-electron chi connectivity index (χ4n) is 5.87. The quantitative estimate of drug-likeness (QED) is 0.0892. The van der Waals surface area contributed by atoms with Gasteiger partial charge in [0.2, 0.25) is 11.5 Å². The smallest absolute Gasteiger partial charge is 0.343 e. The van der Waals surface area contributed by atoms with E-state index in [-0.39, 0.29) is 33.5 Å². The lowest BCUT2D eigenvalue weighted by Crippen LogP contribution is -2.21. The Balaban J connectivity index is 1.44. The van der Waals surface area contributed by atoms with E-state index < -0.39 is 64.3 Å². The Morgan fingerprint density at radius 2 is 0.800 bits per heavy atom. The predicted molar refractivity (Wildman–Crippen MR) is 219 cm³/mol. The number of carboxylic acid groups (broad SMARTS) is 1. The average molecular weight is 798 g/mol. The van der Waals surface area contributed by atoms with Gasteiger partial charge in [0, 0.05) is 17.3 Å². The van der Waals surface area contributed by atoms with Crippen molar-refractivity contribution in [3.63, 3.8) is 0 Å². The van der Waals surface area contributed by atoms with Crippen LogP contribution in [-0.4, -0.2) is 40.9 Å². The average Bonchev–Trinajstić information content (AvgIpc) is 3.29. The van der Waals surface area contributed by atoms with Crippen molar-refractivity contribution in [1.82, 2.24) is 0 Å². The van der Waals surface area contributed by atoms with Crippen molar-refractivity contribution in [3.05, 3.63) is 209 Å². The molecule has 0 saturated heterocycles. The molecule has 0 heterocycles. The molecule has 7 aromatic rings. The summed E-state index contributed by atoms with van der Waals surface area (Å²) in [5, 5.41) is 12.2. The molecule has 2 N–H and O–H groups in total. The van der Waals surface area contributed by atoms with Crippen LogP contribution in [0.3, 0.4) is 0 Å². The molecule has 0 atom stereocenters. The Hall–Kier alpha value is -8.64. The van der Waals surface area contributed by atoms with Crippen molar-refractivity contribution >= 4 is 41.4 Å². The van der Waals surface area contributed by atoms with Crippen LogP contribution in [0.4, 0.5) is 5.69 Å². The highest BCUT2D eigenvalue weighted by atomic mass is 16.6. The number of para-hydroxylation sites is 1. The molecule has 0 aliphatic rings. The van der Waals surface area contributed by atoms with Crippen molar-refractivity contribution in [2.24, 2.45) is 0 Å². The molecule has 1 amide bonds. The van der Waals surface area contributed by atoms with E-state index in [1.807, 2.05) is 0 Å². The van der Waals surface area contributed by atoms with Gasteiger partial charge in [-0.05, 0) is 72.3 Å². The highest BCUT2D eigenvalue weighted by Crippen LogP contribution is 2.49. The zero-order chi connectivity index (χ0) is 42.0. The van der Waals surface area contributed by atoms with E-state index in [0.29, 0.717) is 11.1 Å². The third-order valence-corrected chi connectivity index (χ3v) is 8.84. The molecule has 7 rings (SSSR count). The lowest BCUT2D eigenvalue weighted by molar-refractivity contribution is 0.0636. The molecule has 0 fully saturated rings. The number of carbonyl (C=O) groups is 6. The van der Waals surface area contributed by atoms with Crippen LogP contribution in [0.25, 0.3) is 11.1 Å². The summed E-state index contributed by atoms with van der Waals surface area (Å²) < 4.78 is 23.5. The number of esters is 4. The molecule has 0 bridgehead atoms. The van der Waals surface area contributed by atoms with Crippen LogP contribution >= 0.6 is 0 Å². The summed E-state index contributed by atoms with van der Waals surface area (Å²) in [5.41, 5.74) is 1.02. The van der Waals surface area contributed by atoms with Crippen LogP contribution in [0.2, 0.25) is 0 Å². The van der Waals surface area contributed by atoms with Crippen molar-refractivity contribution in [2.45, 2.75) is 0 Å². The SMILES string of the molecule is O=C(O)c1ccc(-c2ccccc2NC(=O)c2cc(OC(=O)c3ccccc3)c(OC(=O)c3ccccc3)c(OC(=O)c3ccccc3)c2OC(=O)c2ccccc2)cc1. The minimum Gasteiger partial charge on any atom is -0.478 e. The highest BCUT2D eigenvalue weighted by molar-refractivity contribution is 6.11. The number of amides is 1. The number of hydrogen-bond donors (Lipinski definition) is 2. The standard InChI is InChI=1S/C48H31NO11/c50-43(49-38-24-14-13-23-36(38)30-25-27-31(28-26-30)44(51)52)37-29-39(57-45(53)32-15-5-1-6-16-32)41(59-47(55)34-19-9-3-10-20-34)42(60-48(56)35-21-11-4-12-22-35)40(37)58-46(54)33-17-7-2-8-18-33/h1-29H,(H,49,50)(H,51,52). The van der Waals surface area contributed by atoms with E-state index in [9.17, 15) is 33.9 Å². The first-order valence-corrected chi connectivity index (χ1v) is 18.2. The molecule has 12 heteroatoms. The normalized spacial score (nSPS) is 10.5. The van der Waals surface area contributed by atoms with Crippen LogP contribution in [0.15, 0.2) is 176 Å². The van der Waals surface area contributed by atoms with E-state index in [1.54, 1.807) is 109 Å². The summed E-state index contributed by atoms with van der Waals surface area (Å²) in [5.74, 6) is -8.61. The molecule has 0 radical (unpaired) electrons. The number of carbonyl (C=O) groups excluding carboxylic acids is 5. The molecular formula is C48H31NO11. The third-order valence-electron chi connectivity index (χ3n) is 8.84. The van der Waals surface area contributed by atoms with Gasteiger partial charge < -0.3 is 29.4 Å². The topological polar surface area (TPSA) is 172 Å². The largest absolute Gasteiger partial charge is 0.478 e. The molecule has 7 aromatic carbocycles. The summed E-state index contributed by atoms with van der Waals surface area (Å²) in [7, 11) is 0. The number of ether oxygens (including phenoxy) is 4. The number of benzene rings is 7. The molecule has 60 heavy (non-hydrogen) atoms. The first-order chi connectivity index (χ1) is 29.2. The number of aromatic carboxylic acids is 1. The van der Waals surface area contributed by atoms with E-state index >= 15 is 0 Å². The Kier molecular flexibility index (Phi) is 11.9.